The van der Waals surface area contributed by atoms with Crippen molar-refractivity contribution in [1.29, 1.82) is 0 Å². The third-order valence-electron chi connectivity index (χ3n) is 4.83. The van der Waals surface area contributed by atoms with E-state index in [0.717, 1.165) is 10.0 Å². The molecule has 33 heavy (non-hydrogen) atoms. The third kappa shape index (κ3) is 5.21. The third-order valence-corrected chi connectivity index (χ3v) is 5.36. The van der Waals surface area contributed by atoms with Crippen molar-refractivity contribution in [3.8, 4) is 0 Å². The van der Waals surface area contributed by atoms with Crippen molar-refractivity contribution >= 4 is 44.7 Å². The van der Waals surface area contributed by atoms with E-state index in [-0.39, 0.29) is 5.69 Å². The molecule has 164 valence electrons. The van der Waals surface area contributed by atoms with Gasteiger partial charge in [-0.15, -0.1) is 0 Å². The molecule has 1 aromatic heterocycles. The van der Waals surface area contributed by atoms with E-state index >= 15 is 0 Å². The van der Waals surface area contributed by atoms with Crippen molar-refractivity contribution in [1.82, 2.24) is 20.9 Å². The number of aromatic amines is 1. The second-order valence-corrected chi connectivity index (χ2v) is 7.96. The smallest absolute Gasteiger partial charge is 0.272 e. The van der Waals surface area contributed by atoms with Gasteiger partial charge in [0, 0.05) is 15.4 Å². The zero-order valence-corrected chi connectivity index (χ0v) is 18.7. The number of fused-ring (bicyclic) bond motifs is 1. The largest absolute Gasteiger partial charge is 0.335 e. The predicted molar refractivity (Wildman–Crippen MR) is 129 cm³/mol. The highest BCUT2D eigenvalue weighted by Crippen LogP contribution is 2.20. The van der Waals surface area contributed by atoms with Gasteiger partial charge in [0.25, 0.3) is 17.4 Å². The number of nitrogens with zero attached hydrogens (tertiary/aromatic N) is 2. The second kappa shape index (κ2) is 10.0. The molecule has 0 unspecified atom stereocenters. The van der Waals surface area contributed by atoms with Crippen molar-refractivity contribution in [2.24, 2.45) is 5.10 Å². The van der Waals surface area contributed by atoms with Crippen LogP contribution in [0, 0.1) is 0 Å². The van der Waals surface area contributed by atoms with Crippen LogP contribution in [0.5, 0.6) is 0 Å². The monoisotopic (exact) mass is 503 g/mol. The standard InChI is InChI=1S/C24H18BrN5O3/c25-17-12-10-15(11-13-17)14-26-29-24(33)21(27-22(31)16-6-2-1-3-7-16)20-18-8-4-5-9-19(18)23(32)30-28-20/h1-14,21H,(H,27,31)(H,29,33)(H,30,32)/b26-14-/t21-/m1/s1. The lowest BCUT2D eigenvalue weighted by Gasteiger charge is -2.18. The molecule has 1 atom stereocenters. The summed E-state index contributed by atoms with van der Waals surface area (Å²) in [5, 5.41) is 14.0. The minimum atomic E-state index is -1.21. The number of rotatable bonds is 6. The Morgan fingerprint density at radius 3 is 2.33 bits per heavy atom. The molecule has 3 aromatic carbocycles. The van der Waals surface area contributed by atoms with Gasteiger partial charge in [0.1, 0.15) is 5.69 Å². The zero-order valence-electron chi connectivity index (χ0n) is 17.2. The van der Waals surface area contributed by atoms with E-state index < -0.39 is 23.4 Å². The number of carbonyl (C=O) groups excluding carboxylic acids is 2. The average Bonchev–Trinajstić information content (AvgIpc) is 2.85. The first kappa shape index (κ1) is 22.1. The van der Waals surface area contributed by atoms with Gasteiger partial charge in [-0.05, 0) is 35.9 Å². The lowest BCUT2D eigenvalue weighted by atomic mass is 10.0. The molecule has 0 saturated heterocycles. The van der Waals surface area contributed by atoms with Crippen LogP contribution in [0.25, 0.3) is 10.8 Å². The second-order valence-electron chi connectivity index (χ2n) is 7.04. The van der Waals surface area contributed by atoms with E-state index in [0.29, 0.717) is 16.3 Å². The molecule has 3 N–H and O–H groups in total. The number of hydrogen-bond donors (Lipinski definition) is 3. The Balaban J connectivity index is 1.66. The highest BCUT2D eigenvalue weighted by atomic mass is 79.9. The summed E-state index contributed by atoms with van der Waals surface area (Å²) in [5.41, 5.74) is 3.41. The van der Waals surface area contributed by atoms with Gasteiger partial charge in [0.2, 0.25) is 0 Å². The van der Waals surface area contributed by atoms with Gasteiger partial charge in [-0.25, -0.2) is 10.5 Å². The van der Waals surface area contributed by atoms with E-state index in [4.69, 9.17) is 0 Å². The van der Waals surface area contributed by atoms with Crippen LogP contribution in [0.3, 0.4) is 0 Å². The molecule has 1 heterocycles. The normalized spacial score (nSPS) is 11.9. The van der Waals surface area contributed by atoms with Gasteiger partial charge >= 0.3 is 0 Å². The van der Waals surface area contributed by atoms with Crippen molar-refractivity contribution in [2.75, 3.05) is 0 Å². The summed E-state index contributed by atoms with van der Waals surface area (Å²) in [7, 11) is 0. The maximum absolute atomic E-state index is 13.1. The first-order valence-electron chi connectivity index (χ1n) is 9.94. The molecule has 8 nitrogen and oxygen atoms in total. The Bertz CT molecular complexity index is 1380. The van der Waals surface area contributed by atoms with Crippen LogP contribution in [0.4, 0.5) is 0 Å². The number of benzene rings is 3. The minimum Gasteiger partial charge on any atom is -0.335 e. The van der Waals surface area contributed by atoms with E-state index in [1.165, 1.54) is 6.21 Å². The fourth-order valence-electron chi connectivity index (χ4n) is 3.20. The highest BCUT2D eigenvalue weighted by molar-refractivity contribution is 9.10. The summed E-state index contributed by atoms with van der Waals surface area (Å²) >= 11 is 3.36. The first-order valence-corrected chi connectivity index (χ1v) is 10.7. The Kier molecular flexibility index (Phi) is 6.70. The SMILES string of the molecule is O=C(N[C@@H](C(=O)N/N=C\c1ccc(Br)cc1)c1n[nH]c(=O)c2ccccc12)c1ccccc1. The molecule has 4 aromatic rings. The fraction of sp³-hybridized carbons (Fsp3) is 0.0417. The molecular weight excluding hydrogens is 486 g/mol. The lowest BCUT2D eigenvalue weighted by molar-refractivity contribution is -0.123. The topological polar surface area (TPSA) is 116 Å². The Hall–Kier alpha value is -4.11. The molecule has 0 aliphatic carbocycles. The molecule has 0 fully saturated rings. The summed E-state index contributed by atoms with van der Waals surface area (Å²) in [6.45, 7) is 0. The van der Waals surface area contributed by atoms with E-state index in [9.17, 15) is 14.4 Å². The molecule has 9 heteroatoms. The van der Waals surface area contributed by atoms with Crippen LogP contribution < -0.4 is 16.3 Å². The lowest BCUT2D eigenvalue weighted by Crippen LogP contribution is -2.40. The molecule has 0 aliphatic heterocycles. The van der Waals surface area contributed by atoms with Crippen LogP contribution in [0.2, 0.25) is 0 Å². The van der Waals surface area contributed by atoms with Crippen molar-refractivity contribution in [3.05, 3.63) is 111 Å². The van der Waals surface area contributed by atoms with Gasteiger partial charge in [-0.3, -0.25) is 14.4 Å². The number of halogens is 1. The Morgan fingerprint density at radius 2 is 1.61 bits per heavy atom. The van der Waals surface area contributed by atoms with Crippen molar-refractivity contribution < 1.29 is 9.59 Å². The van der Waals surface area contributed by atoms with Crippen molar-refractivity contribution in [2.45, 2.75) is 6.04 Å². The minimum absolute atomic E-state index is 0.200. The molecule has 2 amide bonds. The van der Waals surface area contributed by atoms with E-state index in [1.807, 2.05) is 24.3 Å². The average molecular weight is 504 g/mol. The fourth-order valence-corrected chi connectivity index (χ4v) is 3.47. The number of aromatic nitrogens is 2. The molecule has 0 saturated carbocycles. The van der Waals surface area contributed by atoms with Crippen LogP contribution in [-0.2, 0) is 4.79 Å². The van der Waals surface area contributed by atoms with Crippen LogP contribution in [0.1, 0.15) is 27.7 Å². The van der Waals surface area contributed by atoms with Crippen molar-refractivity contribution in [3.63, 3.8) is 0 Å². The molecule has 4 rings (SSSR count). The van der Waals surface area contributed by atoms with Gasteiger partial charge < -0.3 is 5.32 Å². The molecule has 0 radical (unpaired) electrons. The Morgan fingerprint density at radius 1 is 0.939 bits per heavy atom. The Labute approximate surface area is 196 Å². The molecule has 0 aliphatic rings. The maximum atomic E-state index is 13.1. The number of carbonyl (C=O) groups is 2. The first-order chi connectivity index (χ1) is 16.0. The number of hydrazone groups is 1. The van der Waals surface area contributed by atoms with E-state index in [2.05, 4.69) is 42.0 Å². The summed E-state index contributed by atoms with van der Waals surface area (Å²) < 4.78 is 0.920. The summed E-state index contributed by atoms with van der Waals surface area (Å²) in [6.07, 6.45) is 1.48. The summed E-state index contributed by atoms with van der Waals surface area (Å²) in [6, 6.07) is 21.4. The number of nitrogens with one attached hydrogen (secondary N) is 3. The predicted octanol–water partition coefficient (Wildman–Crippen LogP) is 3.31. The zero-order chi connectivity index (χ0) is 23.2. The highest BCUT2D eigenvalue weighted by Gasteiger charge is 2.27. The van der Waals surface area contributed by atoms with Crippen LogP contribution >= 0.6 is 15.9 Å². The summed E-state index contributed by atoms with van der Waals surface area (Å²) in [4.78, 5) is 38.1. The van der Waals surface area contributed by atoms with Crippen LogP contribution in [-0.4, -0.2) is 28.2 Å². The van der Waals surface area contributed by atoms with Gasteiger partial charge in [0.05, 0.1) is 11.6 Å². The van der Waals surface area contributed by atoms with Gasteiger partial charge in [-0.2, -0.15) is 10.2 Å². The molecule has 0 spiro atoms. The number of H-pyrrole nitrogens is 1. The number of amides is 2. The maximum Gasteiger partial charge on any atom is 0.272 e. The molecular formula is C24H18BrN5O3. The molecule has 0 bridgehead atoms. The van der Waals surface area contributed by atoms with Crippen LogP contribution in [0.15, 0.2) is 93.2 Å². The van der Waals surface area contributed by atoms with Gasteiger partial charge in [-0.1, -0.05) is 64.5 Å². The number of hydrogen-bond acceptors (Lipinski definition) is 5. The summed E-state index contributed by atoms with van der Waals surface area (Å²) in [5.74, 6) is -1.08. The van der Waals surface area contributed by atoms with E-state index in [1.54, 1.807) is 54.6 Å². The van der Waals surface area contributed by atoms with Gasteiger partial charge in [0.15, 0.2) is 6.04 Å². The quantitative estimate of drug-likeness (QED) is 0.276.